The minimum Gasteiger partial charge on any atom is -0.496 e. The van der Waals surface area contributed by atoms with Crippen molar-refractivity contribution in [1.82, 2.24) is 0 Å². The second-order valence-corrected chi connectivity index (χ2v) is 5.23. The summed E-state index contributed by atoms with van der Waals surface area (Å²) in [6.07, 6.45) is 0.817. The van der Waals surface area contributed by atoms with Crippen LogP contribution in [0.2, 0.25) is 0 Å². The van der Waals surface area contributed by atoms with E-state index in [2.05, 4.69) is 15.9 Å². The van der Waals surface area contributed by atoms with E-state index in [9.17, 15) is 4.79 Å². The summed E-state index contributed by atoms with van der Waals surface area (Å²) in [6, 6.07) is 13.2. The number of halogens is 1. The molecular weight excluding hydrogens is 320 g/mol. The van der Waals surface area contributed by atoms with Gasteiger partial charge in [0.2, 0.25) is 0 Å². The molecule has 2 aromatic rings. The zero-order valence-electron chi connectivity index (χ0n) is 11.1. The highest BCUT2D eigenvalue weighted by Crippen LogP contribution is 2.21. The Labute approximate surface area is 126 Å². The number of carbonyl (C=O) groups excluding carboxylic acids is 1. The van der Waals surface area contributed by atoms with Gasteiger partial charge >= 0.3 is 0 Å². The number of rotatable bonds is 6. The Morgan fingerprint density at radius 3 is 2.70 bits per heavy atom. The molecule has 0 aliphatic rings. The third-order valence-corrected chi connectivity index (χ3v) is 3.35. The average molecular weight is 335 g/mol. The van der Waals surface area contributed by atoms with Gasteiger partial charge in [0, 0.05) is 15.6 Å². The summed E-state index contributed by atoms with van der Waals surface area (Å²) >= 11 is 3.43. The molecule has 0 aliphatic carbocycles. The molecule has 0 spiro atoms. The van der Waals surface area contributed by atoms with Crippen molar-refractivity contribution >= 4 is 22.2 Å². The molecule has 0 aliphatic heterocycles. The molecular formula is C16H15BrO3. The molecule has 0 radical (unpaired) electrons. The van der Waals surface area contributed by atoms with Gasteiger partial charge in [0.25, 0.3) is 0 Å². The Morgan fingerprint density at radius 2 is 2.00 bits per heavy atom. The first-order chi connectivity index (χ1) is 9.72. The second kappa shape index (κ2) is 7.22. The van der Waals surface area contributed by atoms with Crippen LogP contribution in [0.3, 0.4) is 0 Å². The zero-order valence-corrected chi connectivity index (χ0v) is 12.7. The van der Waals surface area contributed by atoms with Gasteiger partial charge in [0.1, 0.15) is 12.0 Å². The van der Waals surface area contributed by atoms with Gasteiger partial charge in [-0.3, -0.25) is 4.79 Å². The van der Waals surface area contributed by atoms with Crippen LogP contribution in [0, 0.1) is 0 Å². The average Bonchev–Trinajstić information content (AvgIpc) is 2.47. The quantitative estimate of drug-likeness (QED) is 0.749. The lowest BCUT2D eigenvalue weighted by molar-refractivity contribution is 0.105. The lowest BCUT2D eigenvalue weighted by atomic mass is 10.1. The zero-order chi connectivity index (χ0) is 14.4. The van der Waals surface area contributed by atoms with Crippen LogP contribution in [-0.2, 0) is 18.0 Å². The molecule has 0 N–H and O–H groups in total. The van der Waals surface area contributed by atoms with Gasteiger partial charge in [0.15, 0.2) is 0 Å². The summed E-state index contributed by atoms with van der Waals surface area (Å²) in [5, 5.41) is 0. The number of hydrogen-bond donors (Lipinski definition) is 0. The van der Waals surface area contributed by atoms with Crippen molar-refractivity contribution in [3.63, 3.8) is 0 Å². The first kappa shape index (κ1) is 14.8. The van der Waals surface area contributed by atoms with E-state index < -0.39 is 0 Å². The smallest absolute Gasteiger partial charge is 0.150 e. The van der Waals surface area contributed by atoms with Crippen molar-refractivity contribution in [2.45, 2.75) is 13.2 Å². The molecule has 0 fully saturated rings. The van der Waals surface area contributed by atoms with Crippen molar-refractivity contribution < 1.29 is 14.3 Å². The number of methoxy groups -OCH3 is 1. The molecule has 2 aromatic carbocycles. The molecule has 104 valence electrons. The Kier molecular flexibility index (Phi) is 5.32. The van der Waals surface area contributed by atoms with Gasteiger partial charge in [-0.1, -0.05) is 28.1 Å². The highest BCUT2D eigenvalue weighted by atomic mass is 79.9. The van der Waals surface area contributed by atoms with E-state index >= 15 is 0 Å². The van der Waals surface area contributed by atoms with E-state index in [0.29, 0.717) is 18.8 Å². The van der Waals surface area contributed by atoms with Crippen LogP contribution >= 0.6 is 15.9 Å². The van der Waals surface area contributed by atoms with E-state index in [1.165, 1.54) is 0 Å². The minimum absolute atomic E-state index is 0.400. The minimum atomic E-state index is 0.400. The van der Waals surface area contributed by atoms with Crippen molar-refractivity contribution in [1.29, 1.82) is 0 Å². The van der Waals surface area contributed by atoms with Gasteiger partial charge < -0.3 is 9.47 Å². The summed E-state index contributed by atoms with van der Waals surface area (Å²) < 4.78 is 12.0. The highest BCUT2D eigenvalue weighted by molar-refractivity contribution is 9.10. The summed E-state index contributed by atoms with van der Waals surface area (Å²) in [6.45, 7) is 0.908. The predicted octanol–water partition coefficient (Wildman–Crippen LogP) is 3.99. The van der Waals surface area contributed by atoms with Crippen molar-refractivity contribution in [3.8, 4) is 5.75 Å². The lowest BCUT2D eigenvalue weighted by Crippen LogP contribution is -1.98. The fourth-order valence-corrected chi connectivity index (χ4v) is 2.34. The van der Waals surface area contributed by atoms with E-state index in [0.717, 1.165) is 27.6 Å². The molecule has 4 heteroatoms. The van der Waals surface area contributed by atoms with Gasteiger partial charge in [-0.05, 0) is 35.9 Å². The van der Waals surface area contributed by atoms with Crippen molar-refractivity contribution in [2.24, 2.45) is 0 Å². The van der Waals surface area contributed by atoms with E-state index in [-0.39, 0.29) is 0 Å². The standard InChI is InChI=1S/C16H15BrO3/c1-19-16-6-5-12(9-18)7-14(16)11-20-10-13-3-2-4-15(17)8-13/h2-9H,10-11H2,1H3. The topological polar surface area (TPSA) is 35.5 Å². The maximum atomic E-state index is 10.8. The van der Waals surface area contributed by atoms with Gasteiger partial charge in [0.05, 0.1) is 20.3 Å². The van der Waals surface area contributed by atoms with E-state index in [4.69, 9.17) is 9.47 Å². The number of hydrogen-bond acceptors (Lipinski definition) is 3. The van der Waals surface area contributed by atoms with Crippen LogP contribution in [0.1, 0.15) is 21.5 Å². The number of carbonyl (C=O) groups is 1. The second-order valence-electron chi connectivity index (χ2n) is 4.31. The van der Waals surface area contributed by atoms with Gasteiger partial charge in [-0.2, -0.15) is 0 Å². The van der Waals surface area contributed by atoms with E-state index in [1.54, 1.807) is 25.3 Å². The van der Waals surface area contributed by atoms with Crippen LogP contribution in [0.4, 0.5) is 0 Å². The van der Waals surface area contributed by atoms with Gasteiger partial charge in [-0.25, -0.2) is 0 Å². The largest absolute Gasteiger partial charge is 0.496 e. The molecule has 3 nitrogen and oxygen atoms in total. The normalized spacial score (nSPS) is 10.3. The van der Waals surface area contributed by atoms with Crippen LogP contribution in [0.5, 0.6) is 5.75 Å². The Balaban J connectivity index is 2.01. The molecule has 0 saturated carbocycles. The van der Waals surface area contributed by atoms with Crippen LogP contribution in [0.15, 0.2) is 46.9 Å². The molecule has 0 amide bonds. The fourth-order valence-electron chi connectivity index (χ4n) is 1.89. The van der Waals surface area contributed by atoms with Crippen LogP contribution in [-0.4, -0.2) is 13.4 Å². The molecule has 0 aromatic heterocycles. The predicted molar refractivity (Wildman–Crippen MR) is 81.0 cm³/mol. The number of ether oxygens (including phenoxy) is 2. The molecule has 0 bridgehead atoms. The summed E-state index contributed by atoms with van der Waals surface area (Å²) in [5.74, 6) is 0.727. The Hall–Kier alpha value is -1.65. The molecule has 0 unspecified atom stereocenters. The van der Waals surface area contributed by atoms with Crippen LogP contribution in [0.25, 0.3) is 0 Å². The first-order valence-corrected chi connectivity index (χ1v) is 6.96. The Morgan fingerprint density at radius 1 is 1.15 bits per heavy atom. The maximum absolute atomic E-state index is 10.8. The maximum Gasteiger partial charge on any atom is 0.150 e. The third kappa shape index (κ3) is 3.92. The number of benzene rings is 2. The molecule has 2 rings (SSSR count). The number of aldehydes is 1. The SMILES string of the molecule is COc1ccc(C=O)cc1COCc1cccc(Br)c1. The molecule has 20 heavy (non-hydrogen) atoms. The molecule has 0 heterocycles. The monoisotopic (exact) mass is 334 g/mol. The van der Waals surface area contributed by atoms with E-state index in [1.807, 2.05) is 24.3 Å². The van der Waals surface area contributed by atoms with Gasteiger partial charge in [-0.15, -0.1) is 0 Å². The molecule has 0 atom stereocenters. The summed E-state index contributed by atoms with van der Waals surface area (Å²) in [5.41, 5.74) is 2.57. The molecule has 0 saturated heterocycles. The highest BCUT2D eigenvalue weighted by Gasteiger charge is 2.05. The lowest BCUT2D eigenvalue weighted by Gasteiger charge is -2.10. The first-order valence-electron chi connectivity index (χ1n) is 6.17. The third-order valence-electron chi connectivity index (χ3n) is 2.86. The summed E-state index contributed by atoms with van der Waals surface area (Å²) in [7, 11) is 1.60. The Bertz CT molecular complexity index is 596. The van der Waals surface area contributed by atoms with Crippen molar-refractivity contribution in [3.05, 3.63) is 63.6 Å². The van der Waals surface area contributed by atoms with Crippen molar-refractivity contribution in [2.75, 3.05) is 7.11 Å². The summed E-state index contributed by atoms with van der Waals surface area (Å²) in [4.78, 5) is 10.8. The fraction of sp³-hybridized carbons (Fsp3) is 0.188. The van der Waals surface area contributed by atoms with Crippen LogP contribution < -0.4 is 4.74 Å².